The van der Waals surface area contributed by atoms with Crippen molar-refractivity contribution in [3.05, 3.63) is 29.3 Å². The molecule has 0 N–H and O–H groups in total. The number of hydrogen-bond donors (Lipinski definition) is 0. The van der Waals surface area contributed by atoms with Crippen LogP contribution < -0.4 is 4.74 Å². The van der Waals surface area contributed by atoms with Gasteiger partial charge in [-0.15, -0.1) is 0 Å². The van der Waals surface area contributed by atoms with Gasteiger partial charge in [-0.3, -0.25) is 0 Å². The van der Waals surface area contributed by atoms with Crippen LogP contribution in [0.25, 0.3) is 0 Å². The molecule has 0 unspecified atom stereocenters. The zero-order valence-electron chi connectivity index (χ0n) is 10.4. The van der Waals surface area contributed by atoms with Gasteiger partial charge in [-0.05, 0) is 42.7 Å². The molecular formula is C15H18F2O. The van der Waals surface area contributed by atoms with E-state index in [4.69, 9.17) is 4.74 Å². The Labute approximate surface area is 106 Å². The number of hydrogen-bond acceptors (Lipinski definition) is 1. The minimum atomic E-state index is -0.813. The third kappa shape index (κ3) is 2.50. The molecule has 1 nitrogen and oxygen atoms in total. The van der Waals surface area contributed by atoms with Crippen LogP contribution in [0.5, 0.6) is 5.75 Å². The van der Waals surface area contributed by atoms with Gasteiger partial charge in [0.15, 0.2) is 11.6 Å². The molecule has 0 radical (unpaired) electrons. The summed E-state index contributed by atoms with van der Waals surface area (Å²) in [6.07, 6.45) is 6.44. The minimum Gasteiger partial charge on any atom is -0.490 e. The van der Waals surface area contributed by atoms with Crippen molar-refractivity contribution in [3.63, 3.8) is 0 Å². The second-order valence-corrected chi connectivity index (χ2v) is 5.61. The van der Waals surface area contributed by atoms with Crippen LogP contribution in [0.3, 0.4) is 0 Å². The SMILES string of the molecule is Fc1c(CC2CCC2)ccc(OCC2CC2)c1F. The summed E-state index contributed by atoms with van der Waals surface area (Å²) in [6, 6.07) is 3.26. The normalized spacial score (nSPS) is 19.7. The molecule has 1 aromatic carbocycles. The average Bonchev–Trinajstić information content (AvgIpc) is 3.11. The van der Waals surface area contributed by atoms with Gasteiger partial charge in [0.05, 0.1) is 6.61 Å². The van der Waals surface area contributed by atoms with Crippen LogP contribution in [0.2, 0.25) is 0 Å². The predicted octanol–water partition coefficient (Wildman–Crippen LogP) is 4.10. The first kappa shape index (κ1) is 11.9. The van der Waals surface area contributed by atoms with Gasteiger partial charge in [-0.25, -0.2) is 4.39 Å². The highest BCUT2D eigenvalue weighted by molar-refractivity contribution is 5.31. The maximum absolute atomic E-state index is 13.9. The van der Waals surface area contributed by atoms with Crippen molar-refractivity contribution in [1.29, 1.82) is 0 Å². The topological polar surface area (TPSA) is 9.23 Å². The zero-order valence-corrected chi connectivity index (χ0v) is 10.4. The minimum absolute atomic E-state index is 0.0664. The van der Waals surface area contributed by atoms with Crippen molar-refractivity contribution in [2.75, 3.05) is 6.61 Å². The molecule has 0 heterocycles. The Balaban J connectivity index is 1.69. The van der Waals surface area contributed by atoms with Crippen molar-refractivity contribution in [3.8, 4) is 5.75 Å². The maximum Gasteiger partial charge on any atom is 0.200 e. The summed E-state index contributed by atoms with van der Waals surface area (Å²) >= 11 is 0. The van der Waals surface area contributed by atoms with Gasteiger partial charge >= 0.3 is 0 Å². The molecule has 2 aliphatic rings. The number of rotatable bonds is 5. The number of ether oxygens (including phenoxy) is 1. The third-order valence-corrected chi connectivity index (χ3v) is 4.03. The van der Waals surface area contributed by atoms with E-state index in [0.29, 0.717) is 30.4 Å². The molecule has 2 saturated carbocycles. The molecule has 18 heavy (non-hydrogen) atoms. The molecule has 0 aromatic heterocycles. The molecule has 0 atom stereocenters. The molecule has 2 aliphatic carbocycles. The van der Waals surface area contributed by atoms with Gasteiger partial charge in [0.2, 0.25) is 5.82 Å². The third-order valence-electron chi connectivity index (χ3n) is 4.03. The van der Waals surface area contributed by atoms with E-state index in [9.17, 15) is 8.78 Å². The summed E-state index contributed by atoms with van der Waals surface area (Å²) in [5.74, 6) is -0.376. The lowest BCUT2D eigenvalue weighted by Gasteiger charge is -2.25. The summed E-state index contributed by atoms with van der Waals surface area (Å²) in [5, 5.41) is 0. The average molecular weight is 252 g/mol. The fourth-order valence-electron chi connectivity index (χ4n) is 2.34. The van der Waals surface area contributed by atoms with Crippen LogP contribution in [0.1, 0.15) is 37.7 Å². The summed E-state index contributed by atoms with van der Waals surface area (Å²) in [6.45, 7) is 0.512. The lowest BCUT2D eigenvalue weighted by atomic mass is 9.81. The van der Waals surface area contributed by atoms with Crippen molar-refractivity contribution in [2.24, 2.45) is 11.8 Å². The Bertz CT molecular complexity index is 436. The first-order chi connectivity index (χ1) is 8.74. The largest absolute Gasteiger partial charge is 0.490 e. The fraction of sp³-hybridized carbons (Fsp3) is 0.600. The lowest BCUT2D eigenvalue weighted by Crippen LogP contribution is -2.15. The van der Waals surface area contributed by atoms with Crippen molar-refractivity contribution >= 4 is 0 Å². The van der Waals surface area contributed by atoms with Crippen LogP contribution in [-0.2, 0) is 6.42 Å². The first-order valence-corrected chi connectivity index (χ1v) is 6.83. The first-order valence-electron chi connectivity index (χ1n) is 6.83. The van der Waals surface area contributed by atoms with Gasteiger partial charge in [-0.2, -0.15) is 4.39 Å². The Morgan fingerprint density at radius 2 is 1.78 bits per heavy atom. The molecule has 98 valence electrons. The van der Waals surface area contributed by atoms with Gasteiger partial charge in [0, 0.05) is 0 Å². The van der Waals surface area contributed by atoms with E-state index in [-0.39, 0.29) is 5.75 Å². The molecule has 3 rings (SSSR count). The Morgan fingerprint density at radius 3 is 2.39 bits per heavy atom. The molecule has 3 heteroatoms. The van der Waals surface area contributed by atoms with Crippen LogP contribution in [0.15, 0.2) is 12.1 Å². The Morgan fingerprint density at radius 1 is 1.00 bits per heavy atom. The van der Waals surface area contributed by atoms with Crippen molar-refractivity contribution in [1.82, 2.24) is 0 Å². The highest BCUT2D eigenvalue weighted by atomic mass is 19.2. The molecule has 0 aliphatic heterocycles. The molecule has 0 bridgehead atoms. The van der Waals surface area contributed by atoms with Crippen LogP contribution in [0, 0.1) is 23.5 Å². The van der Waals surface area contributed by atoms with E-state index < -0.39 is 11.6 Å². The van der Waals surface area contributed by atoms with E-state index in [1.165, 1.54) is 6.42 Å². The Kier molecular flexibility index (Phi) is 3.23. The van der Waals surface area contributed by atoms with Crippen LogP contribution >= 0.6 is 0 Å². The van der Waals surface area contributed by atoms with Crippen LogP contribution in [0.4, 0.5) is 8.78 Å². The molecule has 0 spiro atoms. The number of benzene rings is 1. The molecular weight excluding hydrogens is 234 g/mol. The summed E-state index contributed by atoms with van der Waals surface area (Å²) in [4.78, 5) is 0. The number of halogens is 2. The van der Waals surface area contributed by atoms with E-state index in [2.05, 4.69) is 0 Å². The van der Waals surface area contributed by atoms with Gasteiger partial charge in [0.1, 0.15) is 0 Å². The molecule has 0 amide bonds. The Hall–Kier alpha value is -1.12. The monoisotopic (exact) mass is 252 g/mol. The molecule has 2 fully saturated rings. The highest BCUT2D eigenvalue weighted by Crippen LogP contribution is 2.33. The standard InChI is InChI=1S/C15H18F2O/c16-14-12(8-10-2-1-3-10)6-7-13(15(14)17)18-9-11-4-5-11/h6-7,10-11H,1-5,8-9H2. The van der Waals surface area contributed by atoms with Gasteiger partial charge in [0.25, 0.3) is 0 Å². The maximum atomic E-state index is 13.9. The molecule has 0 saturated heterocycles. The quantitative estimate of drug-likeness (QED) is 0.766. The lowest BCUT2D eigenvalue weighted by molar-refractivity contribution is 0.277. The van der Waals surface area contributed by atoms with Crippen molar-refractivity contribution < 1.29 is 13.5 Å². The zero-order chi connectivity index (χ0) is 12.5. The summed E-state index contributed by atoms with van der Waals surface area (Å²) < 4.78 is 33.0. The second-order valence-electron chi connectivity index (χ2n) is 5.61. The van der Waals surface area contributed by atoms with E-state index in [1.54, 1.807) is 12.1 Å². The second kappa shape index (κ2) is 4.87. The van der Waals surface area contributed by atoms with Crippen LogP contribution in [-0.4, -0.2) is 6.61 Å². The molecule has 1 aromatic rings. The van der Waals surface area contributed by atoms with Gasteiger partial charge < -0.3 is 4.74 Å². The van der Waals surface area contributed by atoms with Crippen molar-refractivity contribution in [2.45, 2.75) is 38.5 Å². The fourth-order valence-corrected chi connectivity index (χ4v) is 2.34. The van der Waals surface area contributed by atoms with E-state index in [1.807, 2.05) is 0 Å². The van der Waals surface area contributed by atoms with Gasteiger partial charge in [-0.1, -0.05) is 25.3 Å². The highest BCUT2D eigenvalue weighted by Gasteiger charge is 2.24. The van der Waals surface area contributed by atoms with E-state index >= 15 is 0 Å². The van der Waals surface area contributed by atoms with E-state index in [0.717, 1.165) is 25.7 Å². The predicted molar refractivity (Wildman–Crippen MR) is 65.6 cm³/mol. The summed E-state index contributed by atoms with van der Waals surface area (Å²) in [5.41, 5.74) is 0.496. The smallest absolute Gasteiger partial charge is 0.200 e. The summed E-state index contributed by atoms with van der Waals surface area (Å²) in [7, 11) is 0.